The van der Waals surface area contributed by atoms with Crippen molar-refractivity contribution in [2.75, 3.05) is 0 Å². The highest BCUT2D eigenvalue weighted by Crippen LogP contribution is 2.60. The second kappa shape index (κ2) is 9.39. The zero-order valence-electron chi connectivity index (χ0n) is 20.6. The average Bonchev–Trinajstić information content (AvgIpc) is 3.22. The summed E-state index contributed by atoms with van der Waals surface area (Å²) in [6.45, 7) is 12.9. The molecule has 0 saturated carbocycles. The van der Waals surface area contributed by atoms with Crippen molar-refractivity contribution in [3.05, 3.63) is 157 Å². The van der Waals surface area contributed by atoms with Gasteiger partial charge < -0.3 is 0 Å². The third-order valence-corrected chi connectivity index (χ3v) is 7.64. The quantitative estimate of drug-likeness (QED) is 0.327. The molecule has 3 aromatic rings. The molecule has 3 aromatic carbocycles. The van der Waals surface area contributed by atoms with Crippen LogP contribution in [0.25, 0.3) is 22.3 Å². The molecule has 2 aliphatic rings. The second-order valence-corrected chi connectivity index (χ2v) is 9.35. The SMILES string of the molecule is C=CC(=C)C1(C(/C=C\C)=C/C)c2ccc(-c3cccc(-c4ccccc4)c3)cc2C2C=CC=CC21. The van der Waals surface area contributed by atoms with Gasteiger partial charge in [-0.15, -0.1) is 0 Å². The Bertz CT molecular complexity index is 1390. The number of rotatable bonds is 6. The molecule has 0 aliphatic heterocycles. The largest absolute Gasteiger partial charge is 0.0988 e. The lowest BCUT2D eigenvalue weighted by Gasteiger charge is -2.39. The molecule has 0 radical (unpaired) electrons. The Morgan fingerprint density at radius 3 is 2.20 bits per heavy atom. The Labute approximate surface area is 210 Å². The molecule has 0 heteroatoms. The first-order valence-corrected chi connectivity index (χ1v) is 12.4. The fourth-order valence-corrected chi connectivity index (χ4v) is 6.10. The Hall–Kier alpha value is -3.90. The highest BCUT2D eigenvalue weighted by atomic mass is 14.5. The molecule has 0 aromatic heterocycles. The number of allylic oxidation sites excluding steroid dienone is 10. The van der Waals surface area contributed by atoms with E-state index in [0.29, 0.717) is 5.92 Å². The van der Waals surface area contributed by atoms with Crippen LogP contribution < -0.4 is 0 Å². The Kier molecular flexibility index (Phi) is 6.14. The molecule has 0 fully saturated rings. The van der Waals surface area contributed by atoms with Crippen LogP contribution in [0.3, 0.4) is 0 Å². The fraction of sp³-hybridized carbons (Fsp3) is 0.143. The van der Waals surface area contributed by atoms with Crippen molar-refractivity contribution in [3.8, 4) is 22.3 Å². The maximum Gasteiger partial charge on any atom is 0.0516 e. The van der Waals surface area contributed by atoms with E-state index >= 15 is 0 Å². The van der Waals surface area contributed by atoms with Gasteiger partial charge >= 0.3 is 0 Å². The minimum absolute atomic E-state index is 0.265. The van der Waals surface area contributed by atoms with E-state index in [1.807, 2.05) is 6.08 Å². The van der Waals surface area contributed by atoms with E-state index < -0.39 is 0 Å². The van der Waals surface area contributed by atoms with Gasteiger partial charge in [-0.25, -0.2) is 0 Å². The number of hydrogen-bond donors (Lipinski definition) is 0. The highest BCUT2D eigenvalue weighted by molar-refractivity contribution is 5.75. The van der Waals surface area contributed by atoms with E-state index in [9.17, 15) is 0 Å². The fourth-order valence-electron chi connectivity index (χ4n) is 6.10. The van der Waals surface area contributed by atoms with Crippen molar-refractivity contribution in [1.29, 1.82) is 0 Å². The number of hydrogen-bond acceptors (Lipinski definition) is 0. The topological polar surface area (TPSA) is 0 Å². The van der Waals surface area contributed by atoms with Crippen LogP contribution in [0.2, 0.25) is 0 Å². The molecule has 0 bridgehead atoms. The highest BCUT2D eigenvalue weighted by Gasteiger charge is 2.53. The Morgan fingerprint density at radius 1 is 0.800 bits per heavy atom. The number of fused-ring (bicyclic) bond motifs is 3. The van der Waals surface area contributed by atoms with E-state index in [4.69, 9.17) is 0 Å². The molecule has 3 atom stereocenters. The minimum Gasteiger partial charge on any atom is -0.0988 e. The summed E-state index contributed by atoms with van der Waals surface area (Å²) in [5.41, 5.74) is 9.68. The molecular weight excluding hydrogens is 420 g/mol. The molecule has 2 aliphatic carbocycles. The molecule has 0 amide bonds. The second-order valence-electron chi connectivity index (χ2n) is 9.35. The van der Waals surface area contributed by atoms with Crippen molar-refractivity contribution in [1.82, 2.24) is 0 Å². The summed E-state index contributed by atoms with van der Waals surface area (Å²) in [7, 11) is 0. The average molecular weight is 453 g/mol. The zero-order chi connectivity index (χ0) is 24.4. The molecule has 35 heavy (non-hydrogen) atoms. The van der Waals surface area contributed by atoms with Crippen LogP contribution in [0.4, 0.5) is 0 Å². The molecule has 0 spiro atoms. The van der Waals surface area contributed by atoms with Gasteiger partial charge in [-0.1, -0.05) is 128 Å². The minimum atomic E-state index is -0.325. The van der Waals surface area contributed by atoms with Crippen molar-refractivity contribution < 1.29 is 0 Å². The van der Waals surface area contributed by atoms with Crippen LogP contribution in [0.5, 0.6) is 0 Å². The van der Waals surface area contributed by atoms with Crippen molar-refractivity contribution in [2.24, 2.45) is 5.92 Å². The summed E-state index contributed by atoms with van der Waals surface area (Å²) in [6.07, 6.45) is 17.6. The smallest absolute Gasteiger partial charge is 0.0516 e. The predicted octanol–water partition coefficient (Wildman–Crippen LogP) is 9.36. The van der Waals surface area contributed by atoms with Gasteiger partial charge in [-0.05, 0) is 64.4 Å². The Morgan fingerprint density at radius 2 is 1.49 bits per heavy atom. The van der Waals surface area contributed by atoms with Gasteiger partial charge in [0.05, 0.1) is 5.41 Å². The molecular formula is C35H32. The first-order chi connectivity index (χ1) is 17.1. The summed E-state index contributed by atoms with van der Waals surface area (Å²) in [6, 6.07) is 26.5. The third-order valence-electron chi connectivity index (χ3n) is 7.64. The van der Waals surface area contributed by atoms with E-state index in [-0.39, 0.29) is 11.3 Å². The van der Waals surface area contributed by atoms with Crippen LogP contribution in [0.15, 0.2) is 146 Å². The van der Waals surface area contributed by atoms with E-state index in [1.165, 1.54) is 39.0 Å². The summed E-state index contributed by atoms with van der Waals surface area (Å²) >= 11 is 0. The van der Waals surface area contributed by atoms with Crippen molar-refractivity contribution >= 4 is 0 Å². The summed E-state index contributed by atoms with van der Waals surface area (Å²) in [4.78, 5) is 0. The van der Waals surface area contributed by atoms with Gasteiger partial charge in [0.25, 0.3) is 0 Å². The van der Waals surface area contributed by atoms with Gasteiger partial charge in [0.15, 0.2) is 0 Å². The van der Waals surface area contributed by atoms with Gasteiger partial charge in [0, 0.05) is 11.8 Å². The van der Waals surface area contributed by atoms with Gasteiger partial charge in [0.2, 0.25) is 0 Å². The van der Waals surface area contributed by atoms with Crippen molar-refractivity contribution in [2.45, 2.75) is 25.2 Å². The van der Waals surface area contributed by atoms with E-state index in [1.54, 1.807) is 0 Å². The van der Waals surface area contributed by atoms with E-state index in [0.717, 1.165) is 5.57 Å². The lowest BCUT2D eigenvalue weighted by Crippen LogP contribution is -2.35. The standard InChI is InChI=1S/C35H32/c1-5-14-30(7-3)35(25(4)6-2)33-20-12-11-19-31(33)32-24-29(21-22-34(32)35)28-18-13-17-27(23-28)26-15-9-8-10-16-26/h5-24,31,33H,2,4H2,1,3H3/b14-5-,30-7+. The molecule has 0 N–H and O–H groups in total. The lowest BCUT2D eigenvalue weighted by atomic mass is 9.62. The molecule has 5 rings (SSSR count). The third kappa shape index (κ3) is 3.61. The summed E-state index contributed by atoms with van der Waals surface area (Å²) in [5.74, 6) is 0.561. The lowest BCUT2D eigenvalue weighted by molar-refractivity contribution is 0.455. The summed E-state index contributed by atoms with van der Waals surface area (Å²) < 4.78 is 0. The maximum atomic E-state index is 4.54. The maximum absolute atomic E-state index is 4.54. The molecule has 3 unspecified atom stereocenters. The van der Waals surface area contributed by atoms with Crippen LogP contribution in [0, 0.1) is 5.92 Å². The zero-order valence-corrected chi connectivity index (χ0v) is 20.6. The van der Waals surface area contributed by atoms with Gasteiger partial charge in [0.1, 0.15) is 0 Å². The normalized spacial score (nSPS) is 22.7. The number of benzene rings is 3. The van der Waals surface area contributed by atoms with E-state index in [2.05, 4.69) is 142 Å². The molecule has 0 nitrogen and oxygen atoms in total. The van der Waals surface area contributed by atoms with Crippen LogP contribution in [-0.4, -0.2) is 0 Å². The van der Waals surface area contributed by atoms with Crippen LogP contribution in [-0.2, 0) is 5.41 Å². The Balaban J connectivity index is 1.70. The van der Waals surface area contributed by atoms with Gasteiger partial charge in [-0.3, -0.25) is 0 Å². The molecule has 0 saturated heterocycles. The first-order valence-electron chi connectivity index (χ1n) is 12.4. The monoisotopic (exact) mass is 452 g/mol. The van der Waals surface area contributed by atoms with Crippen molar-refractivity contribution in [3.63, 3.8) is 0 Å². The van der Waals surface area contributed by atoms with Gasteiger partial charge in [-0.2, -0.15) is 0 Å². The first kappa shape index (κ1) is 22.9. The molecule has 172 valence electrons. The predicted molar refractivity (Wildman–Crippen MR) is 151 cm³/mol. The summed E-state index contributed by atoms with van der Waals surface area (Å²) in [5, 5.41) is 0. The molecule has 0 heterocycles. The van der Waals surface area contributed by atoms with Crippen LogP contribution in [0.1, 0.15) is 30.9 Å². The van der Waals surface area contributed by atoms with Crippen LogP contribution >= 0.6 is 0 Å².